The van der Waals surface area contributed by atoms with Crippen LogP contribution in [-0.2, 0) is 11.0 Å². The Morgan fingerprint density at radius 1 is 1.47 bits per heavy atom. The standard InChI is InChI=1S/C15H23NO2S/c1-6-8-14(16-19(17)15(2,3)4)12-9-7-10-13(11-12)18-5/h6-7,9-11,14,16H,1,8H2,2-5H3. The van der Waals surface area contributed by atoms with Crippen LogP contribution >= 0.6 is 0 Å². The molecule has 2 atom stereocenters. The van der Waals surface area contributed by atoms with Crippen LogP contribution in [-0.4, -0.2) is 16.1 Å². The van der Waals surface area contributed by atoms with Crippen molar-refractivity contribution in [2.45, 2.75) is 38.0 Å². The molecule has 0 saturated carbocycles. The van der Waals surface area contributed by atoms with Gasteiger partial charge in [-0.25, -0.2) is 8.93 Å². The molecule has 0 aliphatic heterocycles. The van der Waals surface area contributed by atoms with Crippen LogP contribution in [0.4, 0.5) is 0 Å². The van der Waals surface area contributed by atoms with E-state index in [1.807, 2.05) is 51.1 Å². The molecule has 0 aliphatic rings. The van der Waals surface area contributed by atoms with Gasteiger partial charge in [-0.15, -0.1) is 6.58 Å². The van der Waals surface area contributed by atoms with Gasteiger partial charge in [0, 0.05) is 6.04 Å². The summed E-state index contributed by atoms with van der Waals surface area (Å²) in [6, 6.07) is 7.78. The van der Waals surface area contributed by atoms with Crippen LogP contribution in [0, 0.1) is 0 Å². The minimum atomic E-state index is -1.12. The molecule has 0 heterocycles. The molecule has 0 radical (unpaired) electrons. The first-order valence-corrected chi connectivity index (χ1v) is 7.46. The van der Waals surface area contributed by atoms with Crippen LogP contribution in [0.25, 0.3) is 0 Å². The smallest absolute Gasteiger partial charge is 0.119 e. The molecule has 4 heteroatoms. The molecule has 19 heavy (non-hydrogen) atoms. The van der Waals surface area contributed by atoms with Crippen molar-refractivity contribution in [1.82, 2.24) is 4.72 Å². The van der Waals surface area contributed by atoms with Gasteiger partial charge in [0.15, 0.2) is 0 Å². The molecule has 3 nitrogen and oxygen atoms in total. The van der Waals surface area contributed by atoms with Crippen molar-refractivity contribution < 1.29 is 8.95 Å². The third-order valence-corrected chi connectivity index (χ3v) is 4.31. The number of methoxy groups -OCH3 is 1. The molecule has 1 aromatic rings. The maximum absolute atomic E-state index is 12.2. The molecule has 0 fully saturated rings. The molecule has 1 aromatic carbocycles. The van der Waals surface area contributed by atoms with Crippen LogP contribution in [0.15, 0.2) is 36.9 Å². The molecule has 0 amide bonds. The normalized spacial score (nSPS) is 14.7. The Balaban J connectivity index is 2.93. The van der Waals surface area contributed by atoms with Crippen molar-refractivity contribution in [2.75, 3.05) is 7.11 Å². The molecule has 0 spiro atoms. The molecule has 0 bridgehead atoms. The van der Waals surface area contributed by atoms with Crippen molar-refractivity contribution in [3.63, 3.8) is 0 Å². The van der Waals surface area contributed by atoms with E-state index >= 15 is 0 Å². The summed E-state index contributed by atoms with van der Waals surface area (Å²) >= 11 is 0. The maximum atomic E-state index is 12.2. The van der Waals surface area contributed by atoms with Crippen LogP contribution in [0.1, 0.15) is 38.8 Å². The number of benzene rings is 1. The summed E-state index contributed by atoms with van der Waals surface area (Å²) in [5.41, 5.74) is 1.05. The summed E-state index contributed by atoms with van der Waals surface area (Å²) in [5, 5.41) is 0. The van der Waals surface area contributed by atoms with Gasteiger partial charge in [-0.05, 0) is 44.9 Å². The van der Waals surface area contributed by atoms with Gasteiger partial charge in [-0.3, -0.25) is 0 Å². The second-order valence-corrected chi connectivity index (χ2v) is 7.35. The van der Waals surface area contributed by atoms with Crippen molar-refractivity contribution in [2.24, 2.45) is 0 Å². The summed E-state index contributed by atoms with van der Waals surface area (Å²) in [6.45, 7) is 9.62. The molecule has 1 N–H and O–H groups in total. The second kappa shape index (κ2) is 6.87. The van der Waals surface area contributed by atoms with Crippen LogP contribution in [0.2, 0.25) is 0 Å². The Kier molecular flexibility index (Phi) is 5.76. The average molecular weight is 281 g/mol. The van der Waals surface area contributed by atoms with Crippen molar-refractivity contribution >= 4 is 11.0 Å². The number of hydrogen-bond donors (Lipinski definition) is 1. The highest BCUT2D eigenvalue weighted by Gasteiger charge is 2.23. The summed E-state index contributed by atoms with van der Waals surface area (Å²) in [4.78, 5) is 0. The van der Waals surface area contributed by atoms with Gasteiger partial charge in [0.05, 0.1) is 22.8 Å². The summed E-state index contributed by atoms with van der Waals surface area (Å²) < 4.78 is 20.3. The zero-order valence-corrected chi connectivity index (χ0v) is 12.9. The second-order valence-electron chi connectivity index (χ2n) is 5.35. The fourth-order valence-corrected chi connectivity index (χ4v) is 2.43. The molecule has 0 aromatic heterocycles. The van der Waals surface area contributed by atoms with Gasteiger partial charge in [-0.2, -0.15) is 0 Å². The summed E-state index contributed by atoms with van der Waals surface area (Å²) in [7, 11) is 0.525. The predicted molar refractivity (Wildman–Crippen MR) is 81.6 cm³/mol. The zero-order valence-electron chi connectivity index (χ0n) is 12.1. The minimum Gasteiger partial charge on any atom is -0.497 e. The van der Waals surface area contributed by atoms with Gasteiger partial charge in [-0.1, -0.05) is 18.2 Å². The highest BCUT2D eigenvalue weighted by molar-refractivity contribution is 7.84. The fourth-order valence-electron chi connectivity index (χ4n) is 1.58. The molecular formula is C15H23NO2S. The quantitative estimate of drug-likeness (QED) is 0.812. The molecule has 0 aliphatic carbocycles. The van der Waals surface area contributed by atoms with Gasteiger partial charge >= 0.3 is 0 Å². The van der Waals surface area contributed by atoms with Crippen molar-refractivity contribution in [1.29, 1.82) is 0 Å². The largest absolute Gasteiger partial charge is 0.497 e. The number of hydrogen-bond acceptors (Lipinski definition) is 2. The molecule has 1 rings (SSSR count). The lowest BCUT2D eigenvalue weighted by molar-refractivity contribution is 0.413. The zero-order chi connectivity index (χ0) is 14.5. The van der Waals surface area contributed by atoms with Crippen LogP contribution < -0.4 is 9.46 Å². The Labute approximate surface area is 118 Å². The van der Waals surface area contributed by atoms with E-state index in [4.69, 9.17) is 4.74 Å². The van der Waals surface area contributed by atoms with Crippen LogP contribution in [0.5, 0.6) is 5.75 Å². The topological polar surface area (TPSA) is 38.3 Å². The summed E-state index contributed by atoms with van der Waals surface area (Å²) in [6.07, 6.45) is 2.55. The Bertz CT molecular complexity index is 452. The molecule has 106 valence electrons. The van der Waals surface area contributed by atoms with Crippen molar-refractivity contribution in [3.05, 3.63) is 42.5 Å². The number of nitrogens with one attached hydrogen (secondary N) is 1. The van der Waals surface area contributed by atoms with E-state index in [9.17, 15) is 4.21 Å². The Hall–Kier alpha value is -1.13. The third kappa shape index (κ3) is 4.80. The fraction of sp³-hybridized carbons (Fsp3) is 0.467. The van der Waals surface area contributed by atoms with E-state index in [0.717, 1.165) is 17.7 Å². The lowest BCUT2D eigenvalue weighted by Gasteiger charge is -2.24. The van der Waals surface area contributed by atoms with Gasteiger partial charge < -0.3 is 4.74 Å². The Morgan fingerprint density at radius 3 is 2.68 bits per heavy atom. The Morgan fingerprint density at radius 2 is 2.16 bits per heavy atom. The first kappa shape index (κ1) is 15.9. The predicted octanol–water partition coefficient (Wildman–Crippen LogP) is 3.36. The lowest BCUT2D eigenvalue weighted by Crippen LogP contribution is -2.35. The summed E-state index contributed by atoms with van der Waals surface area (Å²) in [5.74, 6) is 0.801. The third-order valence-electron chi connectivity index (χ3n) is 2.70. The SMILES string of the molecule is C=CCC(NS(=O)C(C)(C)C)c1cccc(OC)c1. The first-order chi connectivity index (χ1) is 8.88. The van der Waals surface area contributed by atoms with Crippen molar-refractivity contribution in [3.8, 4) is 5.75 Å². The van der Waals surface area contributed by atoms with E-state index in [2.05, 4.69) is 11.3 Å². The first-order valence-electron chi connectivity index (χ1n) is 6.31. The molecule has 2 unspecified atom stereocenters. The minimum absolute atomic E-state index is 0.0207. The lowest BCUT2D eigenvalue weighted by atomic mass is 10.0. The number of ether oxygens (including phenoxy) is 1. The van der Waals surface area contributed by atoms with Gasteiger partial charge in [0.25, 0.3) is 0 Å². The van der Waals surface area contributed by atoms with E-state index in [1.54, 1.807) is 7.11 Å². The van der Waals surface area contributed by atoms with E-state index in [0.29, 0.717) is 0 Å². The van der Waals surface area contributed by atoms with Gasteiger partial charge in [0.1, 0.15) is 5.75 Å². The average Bonchev–Trinajstić information content (AvgIpc) is 2.37. The molecule has 0 saturated heterocycles. The van der Waals surface area contributed by atoms with E-state index in [1.165, 1.54) is 0 Å². The van der Waals surface area contributed by atoms with E-state index in [-0.39, 0.29) is 10.8 Å². The highest BCUT2D eigenvalue weighted by Crippen LogP contribution is 2.24. The van der Waals surface area contributed by atoms with E-state index < -0.39 is 11.0 Å². The van der Waals surface area contributed by atoms with Crippen LogP contribution in [0.3, 0.4) is 0 Å². The monoisotopic (exact) mass is 281 g/mol. The number of rotatable bonds is 6. The molecular weight excluding hydrogens is 258 g/mol. The maximum Gasteiger partial charge on any atom is 0.119 e. The highest BCUT2D eigenvalue weighted by atomic mass is 32.2. The van der Waals surface area contributed by atoms with Gasteiger partial charge in [0.2, 0.25) is 0 Å².